The van der Waals surface area contributed by atoms with E-state index in [0.29, 0.717) is 24.4 Å². The summed E-state index contributed by atoms with van der Waals surface area (Å²) in [4.78, 5) is 29.4. The third-order valence-corrected chi connectivity index (χ3v) is 6.02. The van der Waals surface area contributed by atoms with E-state index >= 15 is 0 Å². The van der Waals surface area contributed by atoms with Crippen LogP contribution in [0.1, 0.15) is 48.0 Å². The van der Waals surface area contributed by atoms with Crippen LogP contribution in [0.4, 0.5) is 11.4 Å². The first-order valence-electron chi connectivity index (χ1n) is 11.2. The van der Waals surface area contributed by atoms with Crippen LogP contribution in [0.15, 0.2) is 48.5 Å². The second kappa shape index (κ2) is 9.96. The second-order valence-electron chi connectivity index (χ2n) is 8.45. The predicted octanol–water partition coefficient (Wildman–Crippen LogP) is 4.07. The molecule has 2 saturated heterocycles. The maximum absolute atomic E-state index is 12.9. The number of carbonyl (C=O) groups excluding carboxylic acids is 2. The van der Waals surface area contributed by atoms with Crippen molar-refractivity contribution in [2.24, 2.45) is 0 Å². The lowest BCUT2D eigenvalue weighted by Crippen LogP contribution is -2.29. The summed E-state index contributed by atoms with van der Waals surface area (Å²) >= 11 is 0. The minimum atomic E-state index is -0.394. The SMILES string of the molecule is CN(Cc1ccc(N2CCCCC2)cc1)C(=O)c1cccc(NC(=O)C2CCCO2)c1. The van der Waals surface area contributed by atoms with Gasteiger partial charge in [0.1, 0.15) is 6.10 Å². The predicted molar refractivity (Wildman–Crippen MR) is 122 cm³/mol. The van der Waals surface area contributed by atoms with Gasteiger partial charge in [0.05, 0.1) is 0 Å². The van der Waals surface area contributed by atoms with E-state index in [9.17, 15) is 9.59 Å². The van der Waals surface area contributed by atoms with Crippen molar-refractivity contribution in [1.29, 1.82) is 0 Å². The molecule has 1 atom stereocenters. The van der Waals surface area contributed by atoms with Crippen LogP contribution >= 0.6 is 0 Å². The Kier molecular flexibility index (Phi) is 6.87. The highest BCUT2D eigenvalue weighted by atomic mass is 16.5. The van der Waals surface area contributed by atoms with Crippen LogP contribution in [0.2, 0.25) is 0 Å². The molecular formula is C25H31N3O3. The van der Waals surface area contributed by atoms with Crippen LogP contribution in [0.5, 0.6) is 0 Å². The lowest BCUT2D eigenvalue weighted by Gasteiger charge is -2.29. The van der Waals surface area contributed by atoms with Crippen molar-refractivity contribution in [2.45, 2.75) is 44.8 Å². The molecule has 0 bridgehead atoms. The van der Waals surface area contributed by atoms with E-state index in [1.54, 1.807) is 36.2 Å². The van der Waals surface area contributed by atoms with E-state index in [2.05, 4.69) is 34.5 Å². The summed E-state index contributed by atoms with van der Waals surface area (Å²) in [5, 5.41) is 2.87. The molecule has 0 aromatic heterocycles. The monoisotopic (exact) mass is 421 g/mol. The van der Waals surface area contributed by atoms with E-state index < -0.39 is 6.10 Å². The number of nitrogens with zero attached hydrogens (tertiary/aromatic N) is 2. The Morgan fingerprint density at radius 1 is 1.06 bits per heavy atom. The van der Waals surface area contributed by atoms with E-state index in [4.69, 9.17) is 4.74 Å². The summed E-state index contributed by atoms with van der Waals surface area (Å²) in [5.74, 6) is -0.224. The quantitative estimate of drug-likeness (QED) is 0.764. The van der Waals surface area contributed by atoms with Crippen LogP contribution < -0.4 is 10.2 Å². The van der Waals surface area contributed by atoms with Crippen LogP contribution in [0, 0.1) is 0 Å². The summed E-state index contributed by atoms with van der Waals surface area (Å²) in [7, 11) is 1.80. The van der Waals surface area contributed by atoms with E-state index in [1.807, 2.05) is 0 Å². The maximum atomic E-state index is 12.9. The fraction of sp³-hybridized carbons (Fsp3) is 0.440. The number of rotatable bonds is 6. The smallest absolute Gasteiger partial charge is 0.253 e. The van der Waals surface area contributed by atoms with E-state index in [-0.39, 0.29) is 11.8 Å². The molecule has 1 N–H and O–H groups in total. The number of anilines is 2. The number of hydrogen-bond acceptors (Lipinski definition) is 4. The fourth-order valence-corrected chi connectivity index (χ4v) is 4.27. The fourth-order valence-electron chi connectivity index (χ4n) is 4.27. The Morgan fingerprint density at radius 3 is 2.55 bits per heavy atom. The Labute approximate surface area is 184 Å². The lowest BCUT2D eigenvalue weighted by molar-refractivity contribution is -0.124. The lowest BCUT2D eigenvalue weighted by atomic mass is 10.1. The van der Waals surface area contributed by atoms with Crippen molar-refractivity contribution in [3.8, 4) is 0 Å². The molecule has 6 nitrogen and oxygen atoms in total. The maximum Gasteiger partial charge on any atom is 0.253 e. The molecule has 2 heterocycles. The molecular weight excluding hydrogens is 390 g/mol. The summed E-state index contributed by atoms with van der Waals surface area (Å²) in [5.41, 5.74) is 3.52. The molecule has 0 radical (unpaired) electrons. The second-order valence-corrected chi connectivity index (χ2v) is 8.45. The number of piperidine rings is 1. The average molecular weight is 422 g/mol. The van der Waals surface area contributed by atoms with Gasteiger partial charge in [-0.05, 0) is 68.0 Å². The molecule has 2 fully saturated rings. The van der Waals surface area contributed by atoms with Gasteiger partial charge in [0.15, 0.2) is 0 Å². The zero-order chi connectivity index (χ0) is 21.6. The highest BCUT2D eigenvalue weighted by molar-refractivity contribution is 5.98. The highest BCUT2D eigenvalue weighted by Gasteiger charge is 2.24. The summed E-state index contributed by atoms with van der Waals surface area (Å²) in [6.45, 7) is 3.40. The van der Waals surface area contributed by atoms with Gasteiger partial charge in [-0.1, -0.05) is 18.2 Å². The molecule has 2 amide bonds. The molecule has 2 aromatic carbocycles. The van der Waals surface area contributed by atoms with Crippen molar-refractivity contribution >= 4 is 23.2 Å². The number of ether oxygens (including phenoxy) is 1. The van der Waals surface area contributed by atoms with Crippen LogP contribution in [-0.4, -0.2) is 49.6 Å². The number of benzene rings is 2. The van der Waals surface area contributed by atoms with Gasteiger partial charge in [-0.25, -0.2) is 0 Å². The van der Waals surface area contributed by atoms with Crippen molar-refractivity contribution in [3.63, 3.8) is 0 Å². The van der Waals surface area contributed by atoms with Crippen molar-refractivity contribution in [1.82, 2.24) is 4.90 Å². The van der Waals surface area contributed by atoms with Crippen LogP contribution in [0.25, 0.3) is 0 Å². The van der Waals surface area contributed by atoms with Crippen molar-refractivity contribution in [2.75, 3.05) is 37.0 Å². The Balaban J connectivity index is 1.35. The zero-order valence-electron chi connectivity index (χ0n) is 18.2. The number of nitrogens with one attached hydrogen (secondary N) is 1. The number of carbonyl (C=O) groups is 2. The van der Waals surface area contributed by atoms with E-state index in [0.717, 1.165) is 31.5 Å². The molecule has 0 spiro atoms. The third kappa shape index (κ3) is 5.44. The number of amides is 2. The van der Waals surface area contributed by atoms with Gasteiger partial charge in [-0.2, -0.15) is 0 Å². The molecule has 0 saturated carbocycles. The normalized spacial score (nSPS) is 18.6. The van der Waals surface area contributed by atoms with Crippen LogP contribution in [-0.2, 0) is 16.1 Å². The van der Waals surface area contributed by atoms with Gasteiger partial charge in [0, 0.05) is 50.2 Å². The Morgan fingerprint density at radius 2 is 1.84 bits per heavy atom. The first kappa shape index (κ1) is 21.4. The van der Waals surface area contributed by atoms with Gasteiger partial charge in [-0.3, -0.25) is 9.59 Å². The summed E-state index contributed by atoms with van der Waals surface area (Å²) in [6.07, 6.45) is 5.08. The first-order valence-corrected chi connectivity index (χ1v) is 11.2. The van der Waals surface area contributed by atoms with Gasteiger partial charge >= 0.3 is 0 Å². The average Bonchev–Trinajstić information content (AvgIpc) is 3.35. The Bertz CT molecular complexity index is 900. The zero-order valence-corrected chi connectivity index (χ0v) is 18.2. The molecule has 4 rings (SSSR count). The summed E-state index contributed by atoms with van der Waals surface area (Å²) < 4.78 is 5.43. The number of hydrogen-bond donors (Lipinski definition) is 1. The van der Waals surface area contributed by atoms with Gasteiger partial charge in [0.2, 0.25) is 0 Å². The Hall–Kier alpha value is -2.86. The topological polar surface area (TPSA) is 61.9 Å². The first-order chi connectivity index (χ1) is 15.1. The molecule has 6 heteroatoms. The molecule has 164 valence electrons. The largest absolute Gasteiger partial charge is 0.372 e. The summed E-state index contributed by atoms with van der Waals surface area (Å²) in [6, 6.07) is 15.6. The molecule has 2 aromatic rings. The molecule has 0 aliphatic carbocycles. The molecule has 2 aliphatic heterocycles. The molecule has 31 heavy (non-hydrogen) atoms. The van der Waals surface area contributed by atoms with Crippen LogP contribution in [0.3, 0.4) is 0 Å². The molecule has 2 aliphatic rings. The minimum Gasteiger partial charge on any atom is -0.372 e. The standard InChI is InChI=1S/C25H31N3O3/c1-27(18-19-10-12-22(13-11-19)28-14-3-2-4-15-28)25(30)20-7-5-8-21(17-20)26-24(29)23-9-6-16-31-23/h5,7-8,10-13,17,23H,2-4,6,9,14-16,18H2,1H3,(H,26,29). The highest BCUT2D eigenvalue weighted by Crippen LogP contribution is 2.21. The molecule has 1 unspecified atom stereocenters. The third-order valence-electron chi connectivity index (χ3n) is 6.02. The van der Waals surface area contributed by atoms with E-state index in [1.165, 1.54) is 24.9 Å². The van der Waals surface area contributed by atoms with Gasteiger partial charge in [-0.15, -0.1) is 0 Å². The van der Waals surface area contributed by atoms with Crippen molar-refractivity contribution in [3.05, 3.63) is 59.7 Å². The van der Waals surface area contributed by atoms with Crippen molar-refractivity contribution < 1.29 is 14.3 Å². The minimum absolute atomic E-state index is 0.0756. The van der Waals surface area contributed by atoms with Gasteiger partial charge < -0.3 is 19.9 Å². The van der Waals surface area contributed by atoms with Gasteiger partial charge in [0.25, 0.3) is 11.8 Å².